The second-order valence-electron chi connectivity index (χ2n) is 7.66. The van der Waals surface area contributed by atoms with Crippen LogP contribution in [-0.4, -0.2) is 48.7 Å². The van der Waals surface area contributed by atoms with Crippen molar-refractivity contribution in [3.8, 4) is 5.75 Å². The maximum Gasteiger partial charge on any atom is 0.573 e. The zero-order valence-corrected chi connectivity index (χ0v) is 17.0. The molecule has 2 unspecified atom stereocenters. The summed E-state index contributed by atoms with van der Waals surface area (Å²) in [5.74, 6) is -0.881. The minimum absolute atomic E-state index is 0.0309. The second kappa shape index (κ2) is 6.94. The van der Waals surface area contributed by atoms with E-state index >= 15 is 0 Å². The van der Waals surface area contributed by atoms with Crippen LogP contribution >= 0.6 is 11.8 Å². The first kappa shape index (κ1) is 21.0. The number of benzene rings is 1. The van der Waals surface area contributed by atoms with E-state index in [1.165, 1.54) is 23.9 Å². The van der Waals surface area contributed by atoms with E-state index in [0.29, 0.717) is 10.9 Å². The molecule has 2 aliphatic rings. The Labute approximate surface area is 165 Å². The zero-order valence-electron chi connectivity index (χ0n) is 15.4. The van der Waals surface area contributed by atoms with E-state index in [2.05, 4.69) is 9.73 Å². The smallest absolute Gasteiger partial charge is 0.406 e. The first-order valence-corrected chi connectivity index (χ1v) is 11.1. The molecule has 0 radical (unpaired) electrons. The van der Waals surface area contributed by atoms with E-state index in [9.17, 15) is 26.4 Å². The van der Waals surface area contributed by atoms with Gasteiger partial charge in [0.15, 0.2) is 15.0 Å². The van der Waals surface area contributed by atoms with Crippen LogP contribution in [0.3, 0.4) is 0 Å². The zero-order chi connectivity index (χ0) is 20.9. The molecule has 2 aliphatic heterocycles. The number of ether oxygens (including phenoxy) is 1. The van der Waals surface area contributed by atoms with Crippen LogP contribution in [0.1, 0.15) is 20.8 Å². The minimum atomic E-state index is -4.80. The highest BCUT2D eigenvalue weighted by atomic mass is 32.2. The quantitative estimate of drug-likeness (QED) is 0.709. The molecule has 0 spiro atoms. The lowest BCUT2D eigenvalue weighted by molar-refractivity contribution is -0.274. The van der Waals surface area contributed by atoms with Crippen molar-refractivity contribution < 1.29 is 31.1 Å². The lowest BCUT2D eigenvalue weighted by Gasteiger charge is -2.25. The number of halogens is 3. The Balaban J connectivity index is 1.95. The summed E-state index contributed by atoms with van der Waals surface area (Å²) < 4.78 is 65.0. The number of hydrogen-bond acceptors (Lipinski definition) is 5. The highest BCUT2D eigenvalue weighted by Crippen LogP contribution is 2.41. The molecular formula is C17H19F3N2O4S2. The summed E-state index contributed by atoms with van der Waals surface area (Å²) in [6.07, 6.45) is -4.80. The second-order valence-corrected chi connectivity index (χ2v) is 11.0. The van der Waals surface area contributed by atoms with Gasteiger partial charge >= 0.3 is 6.36 Å². The molecule has 1 aromatic rings. The van der Waals surface area contributed by atoms with Gasteiger partial charge in [-0.15, -0.1) is 13.2 Å². The molecule has 6 nitrogen and oxygen atoms in total. The van der Waals surface area contributed by atoms with E-state index in [1.807, 2.05) is 0 Å². The molecule has 1 aromatic carbocycles. The summed E-state index contributed by atoms with van der Waals surface area (Å²) in [5.41, 5.74) is -0.264. The molecule has 0 bridgehead atoms. The van der Waals surface area contributed by atoms with Gasteiger partial charge in [-0.25, -0.2) is 8.42 Å². The molecule has 11 heteroatoms. The summed E-state index contributed by atoms with van der Waals surface area (Å²) >= 11 is 1.21. The Morgan fingerprint density at radius 1 is 1.18 bits per heavy atom. The fourth-order valence-corrected chi connectivity index (χ4v) is 6.84. The number of amides is 1. The number of nitrogens with zero attached hydrogens (tertiary/aromatic N) is 2. The van der Waals surface area contributed by atoms with Crippen molar-refractivity contribution in [2.75, 3.05) is 16.4 Å². The van der Waals surface area contributed by atoms with E-state index in [1.54, 1.807) is 25.7 Å². The maximum atomic E-state index is 12.4. The Kier molecular flexibility index (Phi) is 5.20. The number of amidine groups is 1. The Bertz CT molecular complexity index is 906. The summed E-state index contributed by atoms with van der Waals surface area (Å²) in [6, 6.07) is 4.65. The van der Waals surface area contributed by atoms with Crippen molar-refractivity contribution in [3.05, 3.63) is 24.3 Å². The van der Waals surface area contributed by atoms with Crippen molar-refractivity contribution in [2.24, 2.45) is 10.4 Å². The van der Waals surface area contributed by atoms with Crippen molar-refractivity contribution >= 4 is 38.4 Å². The van der Waals surface area contributed by atoms with Gasteiger partial charge in [-0.3, -0.25) is 4.79 Å². The average molecular weight is 436 g/mol. The molecule has 2 saturated heterocycles. The molecule has 0 aromatic heterocycles. The first-order valence-electron chi connectivity index (χ1n) is 8.40. The highest BCUT2D eigenvalue weighted by Gasteiger charge is 2.49. The number of aliphatic imine (C=N–C) groups is 1. The number of rotatable bonds is 2. The molecule has 154 valence electrons. The molecule has 2 fully saturated rings. The number of alkyl halides is 3. The predicted octanol–water partition coefficient (Wildman–Crippen LogP) is 3.23. The molecular weight excluding hydrogens is 417 g/mol. The van der Waals surface area contributed by atoms with Gasteiger partial charge in [-0.2, -0.15) is 4.99 Å². The van der Waals surface area contributed by atoms with Crippen LogP contribution in [0.25, 0.3) is 0 Å². The summed E-state index contributed by atoms with van der Waals surface area (Å²) in [7, 11) is -3.23. The topological polar surface area (TPSA) is 76.0 Å². The number of thioether (sulfide) groups is 1. The number of anilines is 1. The van der Waals surface area contributed by atoms with Crippen LogP contribution in [0, 0.1) is 5.41 Å². The third kappa shape index (κ3) is 4.62. The van der Waals surface area contributed by atoms with Gasteiger partial charge < -0.3 is 9.64 Å². The van der Waals surface area contributed by atoms with Crippen LogP contribution in [0.2, 0.25) is 0 Å². The lowest BCUT2D eigenvalue weighted by atomic mass is 9.96. The van der Waals surface area contributed by atoms with Crippen LogP contribution in [0.15, 0.2) is 29.3 Å². The molecule has 0 aliphatic carbocycles. The van der Waals surface area contributed by atoms with Crippen LogP contribution in [-0.2, 0) is 14.6 Å². The lowest BCUT2D eigenvalue weighted by Crippen LogP contribution is -2.38. The van der Waals surface area contributed by atoms with Gasteiger partial charge in [-0.1, -0.05) is 32.5 Å². The summed E-state index contributed by atoms with van der Waals surface area (Å²) in [5, 5.41) is 0.0666. The third-order valence-corrected chi connectivity index (χ3v) is 7.46. The fraction of sp³-hybridized carbons (Fsp3) is 0.529. The monoisotopic (exact) mass is 436 g/mol. The first-order chi connectivity index (χ1) is 12.8. The number of fused-ring (bicyclic) bond motifs is 1. The van der Waals surface area contributed by atoms with Gasteiger partial charge in [0.2, 0.25) is 0 Å². The van der Waals surface area contributed by atoms with Crippen molar-refractivity contribution in [1.82, 2.24) is 0 Å². The summed E-state index contributed by atoms with van der Waals surface area (Å²) in [6.45, 7) is 5.16. The third-order valence-electron chi connectivity index (χ3n) is 4.25. The molecule has 2 atom stereocenters. The minimum Gasteiger partial charge on any atom is -0.406 e. The molecule has 3 rings (SSSR count). The molecule has 0 saturated carbocycles. The standard InChI is InChI=1S/C17H19F3N2O4S2/c1-16(2,3)14(23)21-15-22(12-8-28(24,25)9-13(12)27-15)10-4-6-11(7-5-10)26-17(18,19)20/h4-7,12-13H,8-9H2,1-3H3. The van der Waals surface area contributed by atoms with Crippen molar-refractivity contribution in [1.29, 1.82) is 0 Å². The number of sulfone groups is 1. The van der Waals surface area contributed by atoms with E-state index in [0.717, 1.165) is 12.1 Å². The van der Waals surface area contributed by atoms with E-state index in [-0.39, 0.29) is 28.4 Å². The fourth-order valence-electron chi connectivity index (χ4n) is 2.93. The average Bonchev–Trinajstić information content (AvgIpc) is 2.96. The Morgan fingerprint density at radius 3 is 2.32 bits per heavy atom. The number of carbonyl (C=O) groups excluding carboxylic acids is 1. The van der Waals surface area contributed by atoms with Crippen molar-refractivity contribution in [2.45, 2.75) is 38.4 Å². The van der Waals surface area contributed by atoms with E-state index < -0.39 is 27.7 Å². The molecule has 1 amide bonds. The highest BCUT2D eigenvalue weighted by molar-refractivity contribution is 8.16. The van der Waals surface area contributed by atoms with Crippen molar-refractivity contribution in [3.63, 3.8) is 0 Å². The number of hydrogen-bond donors (Lipinski definition) is 0. The Hall–Kier alpha value is -1.75. The van der Waals surface area contributed by atoms with Gasteiger partial charge in [0.25, 0.3) is 5.91 Å². The van der Waals surface area contributed by atoms with Crippen LogP contribution in [0.5, 0.6) is 5.75 Å². The van der Waals surface area contributed by atoms with Gasteiger partial charge in [0, 0.05) is 16.4 Å². The molecule has 2 heterocycles. The van der Waals surface area contributed by atoms with Gasteiger partial charge in [0.05, 0.1) is 17.5 Å². The van der Waals surface area contributed by atoms with E-state index in [4.69, 9.17) is 0 Å². The number of carbonyl (C=O) groups is 1. The molecule has 0 N–H and O–H groups in total. The van der Waals surface area contributed by atoms with Crippen LogP contribution < -0.4 is 9.64 Å². The van der Waals surface area contributed by atoms with Gasteiger partial charge in [-0.05, 0) is 24.3 Å². The maximum absolute atomic E-state index is 12.4. The SMILES string of the molecule is CC(C)(C)C(=O)N=C1SC2CS(=O)(=O)CC2N1c1ccc(OC(F)(F)F)cc1. The Morgan fingerprint density at radius 2 is 1.79 bits per heavy atom. The van der Waals surface area contributed by atoms with Gasteiger partial charge in [0.1, 0.15) is 5.75 Å². The largest absolute Gasteiger partial charge is 0.573 e. The normalized spacial score (nSPS) is 25.8. The van der Waals surface area contributed by atoms with Crippen LogP contribution in [0.4, 0.5) is 18.9 Å². The summed E-state index contributed by atoms with van der Waals surface area (Å²) in [4.78, 5) is 18.2. The molecule has 28 heavy (non-hydrogen) atoms. The predicted molar refractivity (Wildman–Crippen MR) is 101 cm³/mol.